The molecule has 0 saturated heterocycles. The van der Waals surface area contributed by atoms with E-state index in [0.717, 1.165) is 38.8 Å². The fourth-order valence-corrected chi connectivity index (χ4v) is 6.64. The van der Waals surface area contributed by atoms with Gasteiger partial charge in [-0.1, -0.05) is 68.3 Å². The molecule has 4 unspecified atom stereocenters. The van der Waals surface area contributed by atoms with E-state index in [1.54, 1.807) is 24.3 Å². The topological polar surface area (TPSA) is 83.8 Å². The third-order valence-corrected chi connectivity index (χ3v) is 9.70. The van der Waals surface area contributed by atoms with Crippen LogP contribution >= 0.6 is 31.9 Å². The summed E-state index contributed by atoms with van der Waals surface area (Å²) in [6.07, 6.45) is 0.567. The van der Waals surface area contributed by atoms with Crippen LogP contribution in [0.4, 0.5) is 17.6 Å². The monoisotopic (exact) mass is 751 g/mol. The predicted molar refractivity (Wildman–Crippen MR) is 165 cm³/mol. The normalized spacial score (nSPS) is 20.8. The van der Waals surface area contributed by atoms with Gasteiger partial charge in [0.15, 0.2) is 5.78 Å². The number of hydrogen-bond donors (Lipinski definition) is 1. The molecule has 0 radical (unpaired) electrons. The highest BCUT2D eigenvalue weighted by Gasteiger charge is 2.45. The summed E-state index contributed by atoms with van der Waals surface area (Å²) in [6.45, 7) is 0. The molecule has 12 heteroatoms. The number of carbonyl (C=O) groups is 1. The zero-order valence-electron chi connectivity index (χ0n) is 22.6. The molecule has 1 saturated carbocycles. The number of Topliss-reactive ketones (excluding diaryl/α,β-unsaturated/α-hetero) is 1. The molecule has 4 aromatic carbocycles. The molecule has 1 N–H and O–H groups in total. The lowest BCUT2D eigenvalue weighted by Gasteiger charge is -2.11. The molecular formula is C32H23Br2F4NO4S. The van der Waals surface area contributed by atoms with Crippen molar-refractivity contribution in [2.24, 2.45) is 10.9 Å². The maximum absolute atomic E-state index is 14.0. The van der Waals surface area contributed by atoms with Gasteiger partial charge in [-0.3, -0.25) is 14.3 Å². The maximum atomic E-state index is 14.0. The van der Waals surface area contributed by atoms with Gasteiger partial charge in [0.05, 0.1) is 22.9 Å². The van der Waals surface area contributed by atoms with Crippen molar-refractivity contribution in [1.29, 1.82) is 0 Å². The van der Waals surface area contributed by atoms with Crippen LogP contribution in [0.5, 0.6) is 0 Å². The fourth-order valence-electron chi connectivity index (χ4n) is 5.23. The molecule has 1 aliphatic carbocycles. The molecule has 1 aliphatic heterocycles. The third-order valence-electron chi connectivity index (χ3n) is 7.50. The highest BCUT2D eigenvalue weighted by atomic mass is 79.9. The van der Waals surface area contributed by atoms with Gasteiger partial charge in [0.2, 0.25) is 0 Å². The molecule has 0 bridgehead atoms. The second-order valence-electron chi connectivity index (χ2n) is 10.4. The van der Waals surface area contributed by atoms with E-state index in [9.17, 15) is 35.3 Å². The Bertz CT molecular complexity index is 1810. The van der Waals surface area contributed by atoms with Crippen molar-refractivity contribution < 1.29 is 35.3 Å². The average Bonchev–Trinajstić information content (AvgIpc) is 3.64. The van der Waals surface area contributed by atoms with Crippen molar-refractivity contribution >= 4 is 53.5 Å². The van der Waals surface area contributed by atoms with Crippen molar-refractivity contribution in [1.82, 2.24) is 0 Å². The highest BCUT2D eigenvalue weighted by molar-refractivity contribution is 9.10. The van der Waals surface area contributed by atoms with Crippen LogP contribution in [-0.2, 0) is 10.1 Å². The lowest BCUT2D eigenvalue weighted by atomic mass is 10.0. The van der Waals surface area contributed by atoms with Crippen LogP contribution in [0.15, 0.2) is 98.9 Å². The van der Waals surface area contributed by atoms with Crippen LogP contribution in [0.25, 0.3) is 0 Å². The standard InChI is InChI=1S/C16H12BrF2NO3S.C16H11BrF2O/c17-10-6-4-9(5-7-10)13-8-14(24(21,22)23)16(20-13)15-11(18)2-1-3-12(15)19;17-10-6-4-9(5-7-10)11-8-12(11)16(20)15-13(18)2-1-3-14(15)19/h1-7,13-14H,8H2,(H,21,22,23);1-7,11-12H,8H2. The van der Waals surface area contributed by atoms with Gasteiger partial charge in [0.1, 0.15) is 28.5 Å². The fraction of sp³-hybridized carbons (Fsp3) is 0.188. The van der Waals surface area contributed by atoms with Crippen molar-refractivity contribution in [2.45, 2.75) is 30.1 Å². The number of nitrogens with zero attached hydrogens (tertiary/aromatic N) is 1. The van der Waals surface area contributed by atoms with Crippen LogP contribution < -0.4 is 0 Å². The van der Waals surface area contributed by atoms with E-state index in [4.69, 9.17) is 0 Å². The van der Waals surface area contributed by atoms with Crippen LogP contribution in [0.2, 0.25) is 0 Å². The minimum atomic E-state index is -4.56. The van der Waals surface area contributed by atoms with Gasteiger partial charge in [0, 0.05) is 14.9 Å². The Balaban J connectivity index is 0.000000177. The Morgan fingerprint density at radius 1 is 0.727 bits per heavy atom. The maximum Gasteiger partial charge on any atom is 0.273 e. The minimum Gasteiger partial charge on any atom is -0.294 e. The second kappa shape index (κ2) is 13.0. The summed E-state index contributed by atoms with van der Waals surface area (Å²) in [5.41, 5.74) is 0.514. The van der Waals surface area contributed by atoms with Gasteiger partial charge < -0.3 is 0 Å². The van der Waals surface area contributed by atoms with E-state index >= 15 is 0 Å². The number of aliphatic imine (C=N–C) groups is 1. The molecule has 228 valence electrons. The first-order valence-corrected chi connectivity index (χ1v) is 16.4. The molecule has 6 rings (SSSR count). The Morgan fingerprint density at radius 2 is 1.20 bits per heavy atom. The van der Waals surface area contributed by atoms with Crippen molar-refractivity contribution in [3.05, 3.63) is 139 Å². The number of hydrogen-bond acceptors (Lipinski definition) is 4. The summed E-state index contributed by atoms with van der Waals surface area (Å²) in [5.74, 6) is -4.09. The van der Waals surface area contributed by atoms with Crippen molar-refractivity contribution in [3.8, 4) is 0 Å². The summed E-state index contributed by atoms with van der Waals surface area (Å²) in [7, 11) is -4.56. The number of ketones is 1. The third kappa shape index (κ3) is 7.03. The van der Waals surface area contributed by atoms with E-state index in [0.29, 0.717) is 12.0 Å². The number of benzene rings is 4. The van der Waals surface area contributed by atoms with E-state index < -0.39 is 61.6 Å². The molecule has 4 aromatic rings. The molecule has 0 aromatic heterocycles. The minimum absolute atomic E-state index is 0.0645. The van der Waals surface area contributed by atoms with Gasteiger partial charge >= 0.3 is 0 Å². The molecule has 1 fully saturated rings. The van der Waals surface area contributed by atoms with Gasteiger partial charge in [-0.2, -0.15) is 8.42 Å². The average molecular weight is 753 g/mol. The Kier molecular flexibility index (Phi) is 9.55. The largest absolute Gasteiger partial charge is 0.294 e. The molecule has 4 atom stereocenters. The first-order valence-electron chi connectivity index (χ1n) is 13.3. The van der Waals surface area contributed by atoms with E-state index in [-0.39, 0.29) is 24.0 Å². The summed E-state index contributed by atoms with van der Waals surface area (Å²) in [5, 5.41) is -1.47. The lowest BCUT2D eigenvalue weighted by Crippen LogP contribution is -2.29. The second-order valence-corrected chi connectivity index (χ2v) is 13.8. The van der Waals surface area contributed by atoms with E-state index in [2.05, 4.69) is 36.9 Å². The highest BCUT2D eigenvalue weighted by Crippen LogP contribution is 2.49. The van der Waals surface area contributed by atoms with E-state index in [1.165, 1.54) is 12.1 Å². The lowest BCUT2D eigenvalue weighted by molar-refractivity contribution is 0.0957. The molecule has 0 amide bonds. The molecule has 2 aliphatic rings. The summed E-state index contributed by atoms with van der Waals surface area (Å²) < 4.78 is 90.0. The Labute approximate surface area is 268 Å². The van der Waals surface area contributed by atoms with Crippen LogP contribution in [0.3, 0.4) is 0 Å². The first-order chi connectivity index (χ1) is 20.8. The summed E-state index contributed by atoms with van der Waals surface area (Å²) in [4.78, 5) is 16.4. The quantitative estimate of drug-likeness (QED) is 0.122. The van der Waals surface area contributed by atoms with Gasteiger partial charge in [-0.05, 0) is 78.4 Å². The Morgan fingerprint density at radius 3 is 1.70 bits per heavy atom. The Hall–Kier alpha value is -3.19. The summed E-state index contributed by atoms with van der Waals surface area (Å²) >= 11 is 6.64. The molecular weight excluding hydrogens is 730 g/mol. The van der Waals surface area contributed by atoms with E-state index in [1.807, 2.05) is 24.3 Å². The first kappa shape index (κ1) is 32.2. The smallest absolute Gasteiger partial charge is 0.273 e. The molecule has 44 heavy (non-hydrogen) atoms. The van der Waals surface area contributed by atoms with Crippen LogP contribution in [-0.4, -0.2) is 29.7 Å². The van der Waals surface area contributed by atoms with Gasteiger partial charge in [-0.25, -0.2) is 17.6 Å². The number of halogens is 6. The molecule has 5 nitrogen and oxygen atoms in total. The SMILES string of the molecule is O=C(c1c(F)cccc1F)C1CC1c1ccc(Br)cc1.O=S(=O)(O)C1CC(c2ccc(Br)cc2)N=C1c1c(F)cccc1F. The van der Waals surface area contributed by atoms with Crippen molar-refractivity contribution in [2.75, 3.05) is 0 Å². The van der Waals surface area contributed by atoms with Crippen LogP contribution in [0, 0.1) is 29.2 Å². The predicted octanol–water partition coefficient (Wildman–Crippen LogP) is 8.63. The zero-order chi connectivity index (χ0) is 31.8. The van der Waals surface area contributed by atoms with Crippen molar-refractivity contribution in [3.63, 3.8) is 0 Å². The van der Waals surface area contributed by atoms with Gasteiger partial charge in [0.25, 0.3) is 10.1 Å². The zero-order valence-corrected chi connectivity index (χ0v) is 26.6. The van der Waals surface area contributed by atoms with Gasteiger partial charge in [-0.15, -0.1) is 0 Å². The number of rotatable bonds is 6. The molecule has 0 spiro atoms. The number of carbonyl (C=O) groups excluding carboxylic acids is 1. The van der Waals surface area contributed by atoms with Crippen LogP contribution in [0.1, 0.15) is 51.8 Å². The molecule has 1 heterocycles. The summed E-state index contributed by atoms with van der Waals surface area (Å²) in [6, 6.07) is 20.8.